The SMILES string of the molecule is COCC(C)N1C(=O)C(C)NC1c1ccsc1. The number of methoxy groups -OCH3 is 1. The molecular weight excluding hydrogens is 236 g/mol. The van der Waals surface area contributed by atoms with Crippen LogP contribution >= 0.6 is 11.3 Å². The van der Waals surface area contributed by atoms with Crippen LogP contribution in [0.25, 0.3) is 0 Å². The molecule has 1 N–H and O–H groups in total. The number of carbonyl (C=O) groups excluding carboxylic acids is 1. The van der Waals surface area contributed by atoms with Gasteiger partial charge in [-0.3, -0.25) is 10.1 Å². The van der Waals surface area contributed by atoms with Crippen molar-refractivity contribution < 1.29 is 9.53 Å². The normalized spacial score (nSPS) is 26.5. The zero-order valence-electron chi connectivity index (χ0n) is 10.3. The summed E-state index contributed by atoms with van der Waals surface area (Å²) in [6, 6.07) is 2.01. The molecule has 17 heavy (non-hydrogen) atoms. The topological polar surface area (TPSA) is 41.6 Å². The molecule has 1 aliphatic heterocycles. The first-order chi connectivity index (χ1) is 8.15. The Labute approximate surface area is 106 Å². The van der Waals surface area contributed by atoms with Crippen LogP contribution in [0.1, 0.15) is 25.6 Å². The van der Waals surface area contributed by atoms with Crippen molar-refractivity contribution in [1.29, 1.82) is 0 Å². The average molecular weight is 254 g/mol. The zero-order chi connectivity index (χ0) is 12.4. The Morgan fingerprint density at radius 3 is 3.00 bits per heavy atom. The van der Waals surface area contributed by atoms with Crippen molar-refractivity contribution in [1.82, 2.24) is 10.2 Å². The number of thiophene rings is 1. The third kappa shape index (κ3) is 2.36. The highest BCUT2D eigenvalue weighted by Gasteiger charge is 2.39. The van der Waals surface area contributed by atoms with Gasteiger partial charge < -0.3 is 9.64 Å². The minimum Gasteiger partial charge on any atom is -0.383 e. The first-order valence-electron chi connectivity index (χ1n) is 5.74. The van der Waals surface area contributed by atoms with Crippen LogP contribution in [0.2, 0.25) is 0 Å². The molecule has 2 heterocycles. The quantitative estimate of drug-likeness (QED) is 0.887. The van der Waals surface area contributed by atoms with E-state index < -0.39 is 0 Å². The second-order valence-electron chi connectivity index (χ2n) is 4.40. The van der Waals surface area contributed by atoms with Gasteiger partial charge in [0, 0.05) is 7.11 Å². The lowest BCUT2D eigenvalue weighted by atomic mass is 10.2. The molecule has 1 aliphatic rings. The van der Waals surface area contributed by atoms with Gasteiger partial charge in [0.15, 0.2) is 0 Å². The number of ether oxygens (including phenoxy) is 1. The molecule has 1 aromatic rings. The van der Waals surface area contributed by atoms with E-state index in [9.17, 15) is 4.79 Å². The molecule has 2 rings (SSSR count). The fraction of sp³-hybridized carbons (Fsp3) is 0.583. The van der Waals surface area contributed by atoms with Crippen molar-refractivity contribution in [2.24, 2.45) is 0 Å². The summed E-state index contributed by atoms with van der Waals surface area (Å²) in [7, 11) is 1.66. The number of hydrogen-bond acceptors (Lipinski definition) is 4. The van der Waals surface area contributed by atoms with Crippen molar-refractivity contribution in [3.8, 4) is 0 Å². The fourth-order valence-corrected chi connectivity index (χ4v) is 2.90. The van der Waals surface area contributed by atoms with Crippen LogP contribution in [-0.4, -0.2) is 36.6 Å². The minimum atomic E-state index is -0.126. The molecule has 1 amide bonds. The Kier molecular flexibility index (Phi) is 3.81. The van der Waals surface area contributed by atoms with E-state index in [0.717, 1.165) is 5.56 Å². The lowest BCUT2D eigenvalue weighted by Crippen LogP contribution is -2.40. The number of amides is 1. The zero-order valence-corrected chi connectivity index (χ0v) is 11.2. The van der Waals surface area contributed by atoms with E-state index in [1.54, 1.807) is 18.4 Å². The molecule has 0 spiro atoms. The molecule has 3 atom stereocenters. The molecular formula is C12H18N2O2S. The van der Waals surface area contributed by atoms with Gasteiger partial charge in [0.2, 0.25) is 5.91 Å². The lowest BCUT2D eigenvalue weighted by Gasteiger charge is -2.29. The summed E-state index contributed by atoms with van der Waals surface area (Å²) >= 11 is 1.65. The van der Waals surface area contributed by atoms with E-state index in [0.29, 0.717) is 6.61 Å². The number of nitrogens with zero attached hydrogens (tertiary/aromatic N) is 1. The summed E-state index contributed by atoms with van der Waals surface area (Å²) in [6.07, 6.45) is -0.0195. The van der Waals surface area contributed by atoms with Gasteiger partial charge >= 0.3 is 0 Å². The van der Waals surface area contributed by atoms with Gasteiger partial charge in [-0.05, 0) is 36.2 Å². The molecule has 0 aliphatic carbocycles. The van der Waals surface area contributed by atoms with E-state index in [1.165, 1.54) is 0 Å². The summed E-state index contributed by atoms with van der Waals surface area (Å²) in [5.41, 5.74) is 1.15. The maximum absolute atomic E-state index is 12.1. The predicted molar refractivity (Wildman–Crippen MR) is 67.8 cm³/mol. The van der Waals surface area contributed by atoms with Crippen LogP contribution in [0.5, 0.6) is 0 Å². The van der Waals surface area contributed by atoms with Crippen LogP contribution in [0.4, 0.5) is 0 Å². The second kappa shape index (κ2) is 5.16. The molecule has 94 valence electrons. The Morgan fingerprint density at radius 2 is 2.41 bits per heavy atom. The molecule has 0 saturated carbocycles. The maximum atomic E-state index is 12.1. The molecule has 3 unspecified atom stereocenters. The molecule has 1 fully saturated rings. The van der Waals surface area contributed by atoms with Gasteiger partial charge in [0.1, 0.15) is 6.17 Å². The predicted octanol–water partition coefficient (Wildman–Crippen LogP) is 1.60. The highest BCUT2D eigenvalue weighted by molar-refractivity contribution is 7.07. The molecule has 1 saturated heterocycles. The first kappa shape index (κ1) is 12.5. The summed E-state index contributed by atoms with van der Waals surface area (Å²) in [4.78, 5) is 14.0. The number of hydrogen-bond donors (Lipinski definition) is 1. The molecule has 0 aromatic carbocycles. The monoisotopic (exact) mass is 254 g/mol. The van der Waals surface area contributed by atoms with E-state index in [4.69, 9.17) is 4.74 Å². The minimum absolute atomic E-state index is 0.0195. The van der Waals surface area contributed by atoms with Gasteiger partial charge in [0.05, 0.1) is 18.7 Å². The van der Waals surface area contributed by atoms with Crippen molar-refractivity contribution in [2.45, 2.75) is 32.1 Å². The largest absolute Gasteiger partial charge is 0.383 e. The molecule has 0 radical (unpaired) electrons. The van der Waals surface area contributed by atoms with Gasteiger partial charge in [0.25, 0.3) is 0 Å². The fourth-order valence-electron chi connectivity index (χ4n) is 2.22. The third-order valence-corrected chi connectivity index (χ3v) is 3.75. The van der Waals surface area contributed by atoms with Crippen LogP contribution in [-0.2, 0) is 9.53 Å². The van der Waals surface area contributed by atoms with Crippen molar-refractivity contribution in [2.75, 3.05) is 13.7 Å². The van der Waals surface area contributed by atoms with E-state index in [-0.39, 0.29) is 24.2 Å². The molecule has 1 aromatic heterocycles. The van der Waals surface area contributed by atoms with E-state index >= 15 is 0 Å². The van der Waals surface area contributed by atoms with Gasteiger partial charge in [-0.1, -0.05) is 0 Å². The van der Waals surface area contributed by atoms with Crippen molar-refractivity contribution in [3.05, 3.63) is 22.4 Å². The van der Waals surface area contributed by atoms with E-state index in [1.807, 2.05) is 24.1 Å². The van der Waals surface area contributed by atoms with Gasteiger partial charge in [-0.15, -0.1) is 0 Å². The number of nitrogens with one attached hydrogen (secondary N) is 1. The smallest absolute Gasteiger partial charge is 0.241 e. The Hall–Kier alpha value is -0.910. The Balaban J connectivity index is 2.22. The molecule has 4 nitrogen and oxygen atoms in total. The van der Waals surface area contributed by atoms with E-state index in [2.05, 4.69) is 16.8 Å². The summed E-state index contributed by atoms with van der Waals surface area (Å²) < 4.78 is 5.15. The molecule has 0 bridgehead atoms. The van der Waals surface area contributed by atoms with Crippen LogP contribution in [0, 0.1) is 0 Å². The summed E-state index contributed by atoms with van der Waals surface area (Å²) in [5.74, 6) is 0.144. The third-order valence-electron chi connectivity index (χ3n) is 3.05. The lowest BCUT2D eigenvalue weighted by molar-refractivity contribution is -0.132. The maximum Gasteiger partial charge on any atom is 0.241 e. The van der Waals surface area contributed by atoms with Gasteiger partial charge in [-0.2, -0.15) is 11.3 Å². The molecule has 5 heteroatoms. The van der Waals surface area contributed by atoms with Crippen molar-refractivity contribution in [3.63, 3.8) is 0 Å². The first-order valence-corrected chi connectivity index (χ1v) is 6.68. The van der Waals surface area contributed by atoms with Crippen LogP contribution in [0.15, 0.2) is 16.8 Å². The average Bonchev–Trinajstić information content (AvgIpc) is 2.88. The van der Waals surface area contributed by atoms with Crippen molar-refractivity contribution >= 4 is 17.2 Å². The Bertz CT molecular complexity index is 380. The van der Waals surface area contributed by atoms with Gasteiger partial charge in [-0.25, -0.2) is 0 Å². The standard InChI is InChI=1S/C12H18N2O2S/c1-8(6-16-3)14-11(10-4-5-17-7-10)13-9(2)12(14)15/h4-5,7-9,11,13H,6H2,1-3H3. The Morgan fingerprint density at radius 1 is 1.65 bits per heavy atom. The highest BCUT2D eigenvalue weighted by Crippen LogP contribution is 2.28. The number of carbonyl (C=O) groups is 1. The summed E-state index contributed by atoms with van der Waals surface area (Å²) in [6.45, 7) is 4.47. The second-order valence-corrected chi connectivity index (χ2v) is 5.18. The summed E-state index contributed by atoms with van der Waals surface area (Å²) in [5, 5.41) is 7.43. The van der Waals surface area contributed by atoms with Crippen LogP contribution in [0.3, 0.4) is 0 Å². The van der Waals surface area contributed by atoms with Crippen LogP contribution < -0.4 is 5.32 Å². The number of rotatable bonds is 4. The highest BCUT2D eigenvalue weighted by atomic mass is 32.1.